The van der Waals surface area contributed by atoms with Gasteiger partial charge in [0.2, 0.25) is 0 Å². The Morgan fingerprint density at radius 2 is 1.48 bits per heavy atom. The van der Waals surface area contributed by atoms with Gasteiger partial charge in [0.15, 0.2) is 5.57 Å². The standard InChI is InChI=1S/C12H10F6O4S/c1-22-8-4-2-7(3-5-8)6-9(23(19,20)21)10(11(13,14)15)12(16,17)18/h2-5H,6H2,1H3,(H,19,20,21). The Morgan fingerprint density at radius 3 is 1.78 bits per heavy atom. The topological polar surface area (TPSA) is 63.6 Å². The molecule has 0 fully saturated rings. The van der Waals surface area contributed by atoms with Gasteiger partial charge in [0.05, 0.1) is 12.0 Å². The van der Waals surface area contributed by atoms with Gasteiger partial charge in [-0.2, -0.15) is 34.8 Å². The molecule has 1 rings (SSSR count). The summed E-state index contributed by atoms with van der Waals surface area (Å²) < 4.78 is 112. The molecule has 0 spiro atoms. The molecule has 0 aliphatic carbocycles. The molecular weight excluding hydrogens is 354 g/mol. The van der Waals surface area contributed by atoms with Gasteiger partial charge in [0.1, 0.15) is 5.75 Å². The molecule has 0 heterocycles. The molecule has 0 bridgehead atoms. The van der Waals surface area contributed by atoms with Gasteiger partial charge in [-0.1, -0.05) is 12.1 Å². The first kappa shape index (κ1) is 19.3. The van der Waals surface area contributed by atoms with E-state index in [1.165, 1.54) is 19.2 Å². The maximum absolute atomic E-state index is 12.6. The minimum atomic E-state index is -6.00. The number of hydrogen-bond donors (Lipinski definition) is 1. The fourth-order valence-corrected chi connectivity index (χ4v) is 2.55. The summed E-state index contributed by atoms with van der Waals surface area (Å²) in [7, 11) is -4.45. The van der Waals surface area contributed by atoms with Crippen LogP contribution < -0.4 is 4.74 Å². The Labute approximate surface area is 127 Å². The van der Waals surface area contributed by atoms with Crippen LogP contribution in [0.1, 0.15) is 5.56 Å². The summed E-state index contributed by atoms with van der Waals surface area (Å²) in [6, 6.07) is 4.60. The van der Waals surface area contributed by atoms with Crippen molar-refractivity contribution >= 4 is 10.1 Å². The van der Waals surface area contributed by atoms with E-state index in [9.17, 15) is 34.8 Å². The molecule has 0 radical (unpaired) electrons. The number of benzene rings is 1. The average molecular weight is 364 g/mol. The quantitative estimate of drug-likeness (QED) is 0.656. The van der Waals surface area contributed by atoms with E-state index in [0.717, 1.165) is 12.1 Å². The van der Waals surface area contributed by atoms with Crippen LogP contribution in [0, 0.1) is 0 Å². The van der Waals surface area contributed by atoms with Gasteiger partial charge in [-0.3, -0.25) is 4.55 Å². The van der Waals surface area contributed by atoms with Gasteiger partial charge in [-0.25, -0.2) is 0 Å². The predicted octanol–water partition coefficient (Wildman–Crippen LogP) is 3.50. The van der Waals surface area contributed by atoms with Crippen molar-refractivity contribution in [3.8, 4) is 5.75 Å². The second-order valence-electron chi connectivity index (χ2n) is 4.29. The van der Waals surface area contributed by atoms with Gasteiger partial charge in [-0.15, -0.1) is 0 Å². The molecule has 0 aliphatic heterocycles. The van der Waals surface area contributed by atoms with Crippen molar-refractivity contribution in [1.29, 1.82) is 0 Å². The molecule has 130 valence electrons. The number of ether oxygens (including phenoxy) is 1. The lowest BCUT2D eigenvalue weighted by molar-refractivity contribution is -0.172. The summed E-state index contributed by atoms with van der Waals surface area (Å²) >= 11 is 0. The minimum absolute atomic E-state index is 0.190. The van der Waals surface area contributed by atoms with E-state index >= 15 is 0 Å². The van der Waals surface area contributed by atoms with Gasteiger partial charge in [0, 0.05) is 6.42 Å². The summed E-state index contributed by atoms with van der Waals surface area (Å²) in [6.45, 7) is 0. The summed E-state index contributed by atoms with van der Waals surface area (Å²) in [6.07, 6.45) is -13.3. The Bertz CT molecular complexity index is 670. The molecule has 0 unspecified atom stereocenters. The number of methoxy groups -OCH3 is 1. The van der Waals surface area contributed by atoms with Gasteiger partial charge < -0.3 is 4.74 Å². The zero-order valence-electron chi connectivity index (χ0n) is 11.4. The average Bonchev–Trinajstić information content (AvgIpc) is 2.34. The number of alkyl halides is 6. The maximum Gasteiger partial charge on any atom is 0.422 e. The molecule has 0 amide bonds. The summed E-state index contributed by atoms with van der Waals surface area (Å²) in [5, 5.41) is 0. The maximum atomic E-state index is 12.6. The Kier molecular flexibility index (Phi) is 5.37. The largest absolute Gasteiger partial charge is 0.497 e. The lowest BCUT2D eigenvalue weighted by atomic mass is 10.1. The predicted molar refractivity (Wildman–Crippen MR) is 67.4 cm³/mol. The van der Waals surface area contributed by atoms with Crippen LogP contribution in [0.3, 0.4) is 0 Å². The highest BCUT2D eigenvalue weighted by atomic mass is 32.2. The molecule has 0 aromatic heterocycles. The molecule has 0 aliphatic rings. The van der Waals surface area contributed by atoms with Crippen LogP contribution in [0.25, 0.3) is 0 Å². The second kappa shape index (κ2) is 6.40. The van der Waals surface area contributed by atoms with E-state index in [0.29, 0.717) is 0 Å². The van der Waals surface area contributed by atoms with Crippen LogP contribution in [-0.2, 0) is 16.5 Å². The molecular formula is C12H10F6O4S. The van der Waals surface area contributed by atoms with Gasteiger partial charge in [0.25, 0.3) is 10.1 Å². The summed E-state index contributed by atoms with van der Waals surface area (Å²) in [5.41, 5.74) is -3.45. The summed E-state index contributed by atoms with van der Waals surface area (Å²) in [5.74, 6) is 0.262. The number of hydrogen-bond acceptors (Lipinski definition) is 3. The van der Waals surface area contributed by atoms with E-state index in [4.69, 9.17) is 9.29 Å². The van der Waals surface area contributed by atoms with Crippen LogP contribution in [0.2, 0.25) is 0 Å². The molecule has 0 saturated heterocycles. The summed E-state index contributed by atoms with van der Waals surface area (Å²) in [4.78, 5) is -2.16. The molecule has 4 nitrogen and oxygen atoms in total. The van der Waals surface area contributed by atoms with Gasteiger partial charge in [-0.05, 0) is 17.7 Å². The second-order valence-corrected chi connectivity index (χ2v) is 5.74. The van der Waals surface area contributed by atoms with Crippen molar-refractivity contribution in [3.63, 3.8) is 0 Å². The SMILES string of the molecule is COc1ccc(CC(=C(C(F)(F)F)C(F)(F)F)S(=O)(=O)O)cc1. The zero-order chi connectivity index (χ0) is 18.1. The smallest absolute Gasteiger partial charge is 0.422 e. The van der Waals surface area contributed by atoms with Crippen LogP contribution in [0.15, 0.2) is 34.7 Å². The molecule has 11 heteroatoms. The Morgan fingerprint density at radius 1 is 1.04 bits per heavy atom. The number of halogens is 6. The van der Waals surface area contributed by atoms with E-state index in [1.54, 1.807) is 0 Å². The normalized spacial score (nSPS) is 12.9. The third kappa shape index (κ3) is 5.13. The van der Waals surface area contributed by atoms with Crippen molar-refractivity contribution in [2.24, 2.45) is 0 Å². The van der Waals surface area contributed by atoms with Crippen LogP contribution >= 0.6 is 0 Å². The number of rotatable bonds is 4. The highest BCUT2D eigenvalue weighted by Crippen LogP contribution is 2.42. The molecule has 1 aromatic rings. The van der Waals surface area contributed by atoms with Crippen molar-refractivity contribution in [1.82, 2.24) is 0 Å². The number of allylic oxidation sites excluding steroid dienone is 2. The van der Waals surface area contributed by atoms with Crippen molar-refractivity contribution in [2.45, 2.75) is 18.8 Å². The Hall–Kier alpha value is -1.75. The van der Waals surface area contributed by atoms with Crippen molar-refractivity contribution < 1.29 is 44.0 Å². The first-order valence-corrected chi connectivity index (χ1v) is 7.18. The molecule has 23 heavy (non-hydrogen) atoms. The van der Waals surface area contributed by atoms with E-state index in [1.807, 2.05) is 0 Å². The third-order valence-corrected chi connectivity index (χ3v) is 3.65. The first-order valence-electron chi connectivity index (χ1n) is 5.74. The highest BCUT2D eigenvalue weighted by Gasteiger charge is 2.54. The van der Waals surface area contributed by atoms with Crippen molar-refractivity contribution in [3.05, 3.63) is 40.3 Å². The lowest BCUT2D eigenvalue weighted by Crippen LogP contribution is -2.30. The molecule has 0 atom stereocenters. The fourth-order valence-electron chi connectivity index (χ4n) is 1.71. The lowest BCUT2D eigenvalue weighted by Gasteiger charge is -2.18. The Balaban J connectivity index is 3.52. The third-order valence-electron chi connectivity index (χ3n) is 2.68. The van der Waals surface area contributed by atoms with E-state index in [2.05, 4.69) is 0 Å². The highest BCUT2D eigenvalue weighted by molar-refractivity contribution is 7.89. The van der Waals surface area contributed by atoms with Crippen LogP contribution in [0.5, 0.6) is 5.75 Å². The molecule has 1 N–H and O–H groups in total. The van der Waals surface area contributed by atoms with Gasteiger partial charge >= 0.3 is 12.4 Å². The monoisotopic (exact) mass is 364 g/mol. The molecule has 1 aromatic carbocycles. The van der Waals surface area contributed by atoms with Crippen LogP contribution in [-0.4, -0.2) is 32.4 Å². The zero-order valence-corrected chi connectivity index (χ0v) is 12.2. The van der Waals surface area contributed by atoms with Crippen LogP contribution in [0.4, 0.5) is 26.3 Å². The van der Waals surface area contributed by atoms with Crippen molar-refractivity contribution in [2.75, 3.05) is 7.11 Å². The minimum Gasteiger partial charge on any atom is -0.497 e. The fraction of sp³-hybridized carbons (Fsp3) is 0.333. The first-order chi connectivity index (χ1) is 10.3. The van der Waals surface area contributed by atoms with E-state index < -0.39 is 39.4 Å². The van der Waals surface area contributed by atoms with E-state index in [-0.39, 0.29) is 11.3 Å². The molecule has 0 saturated carbocycles.